The maximum Gasteiger partial charge on any atom is 0.414 e. The summed E-state index contributed by atoms with van der Waals surface area (Å²) < 4.78 is 11.2. The zero-order valence-corrected chi connectivity index (χ0v) is 27.0. The molecule has 45 heavy (non-hydrogen) atoms. The van der Waals surface area contributed by atoms with Crippen molar-refractivity contribution in [2.75, 3.05) is 23.9 Å². The van der Waals surface area contributed by atoms with Gasteiger partial charge in [0.2, 0.25) is 5.95 Å². The lowest BCUT2D eigenvalue weighted by molar-refractivity contribution is 0.0579. The molecule has 0 radical (unpaired) electrons. The lowest BCUT2D eigenvalue weighted by Crippen LogP contribution is -2.38. The van der Waals surface area contributed by atoms with Gasteiger partial charge in [0.05, 0.1) is 46.4 Å². The number of halogens is 1. The lowest BCUT2D eigenvalue weighted by atomic mass is 9.85. The molecular formula is C33H37ClN6O5. The molecule has 2 amide bonds. The van der Waals surface area contributed by atoms with Gasteiger partial charge in [-0.2, -0.15) is 5.26 Å². The maximum atomic E-state index is 13.1. The van der Waals surface area contributed by atoms with Gasteiger partial charge in [0.15, 0.2) is 0 Å². The summed E-state index contributed by atoms with van der Waals surface area (Å²) in [5.41, 5.74) is 2.53. The molecule has 2 aliphatic rings. The molecule has 2 unspecified atom stereocenters. The van der Waals surface area contributed by atoms with Crippen LogP contribution < -0.4 is 20.3 Å². The van der Waals surface area contributed by atoms with Crippen molar-refractivity contribution in [3.05, 3.63) is 58.2 Å². The average Bonchev–Trinajstić information content (AvgIpc) is 3.50. The van der Waals surface area contributed by atoms with Crippen molar-refractivity contribution < 1.29 is 24.2 Å². The van der Waals surface area contributed by atoms with Crippen LogP contribution in [0.1, 0.15) is 75.4 Å². The minimum absolute atomic E-state index is 0.116. The average molecular weight is 633 g/mol. The molecule has 12 heteroatoms. The van der Waals surface area contributed by atoms with Gasteiger partial charge in [-0.05, 0) is 75.9 Å². The minimum atomic E-state index is -0.680. The molecule has 0 saturated heterocycles. The first-order chi connectivity index (χ1) is 21.2. The van der Waals surface area contributed by atoms with Gasteiger partial charge in [-0.3, -0.25) is 9.69 Å². The first kappa shape index (κ1) is 32.0. The van der Waals surface area contributed by atoms with Crippen LogP contribution in [0.2, 0.25) is 5.02 Å². The number of aliphatic hydroxyl groups excluding tert-OH is 1. The number of carbonyl (C=O) groups excluding carboxylic acids is 2. The van der Waals surface area contributed by atoms with Crippen LogP contribution in [0, 0.1) is 11.3 Å². The Kier molecular flexibility index (Phi) is 8.66. The number of methoxy groups -OCH3 is 1. The zero-order chi connectivity index (χ0) is 32.7. The number of amides is 2. The number of aliphatic hydroxyl groups is 1. The van der Waals surface area contributed by atoms with E-state index in [4.69, 9.17) is 21.1 Å². The van der Waals surface area contributed by atoms with Crippen molar-refractivity contribution in [1.82, 2.24) is 15.3 Å². The molecule has 0 spiro atoms. The molecule has 2 heterocycles. The van der Waals surface area contributed by atoms with Crippen LogP contribution in [0.3, 0.4) is 0 Å². The summed E-state index contributed by atoms with van der Waals surface area (Å²) in [6.07, 6.45) is 2.54. The number of nitrogens with one attached hydrogen (secondary N) is 2. The summed E-state index contributed by atoms with van der Waals surface area (Å²) in [6.45, 7) is 9.82. The fourth-order valence-corrected chi connectivity index (χ4v) is 6.00. The van der Waals surface area contributed by atoms with Gasteiger partial charge in [0.1, 0.15) is 17.4 Å². The number of hydrogen-bond acceptors (Lipinski definition) is 9. The topological polar surface area (TPSA) is 150 Å². The summed E-state index contributed by atoms with van der Waals surface area (Å²) in [5, 5.41) is 26.2. The second kappa shape index (κ2) is 12.2. The number of nitrogens with zero attached hydrogens (tertiary/aromatic N) is 4. The van der Waals surface area contributed by atoms with E-state index >= 15 is 0 Å². The molecule has 2 aromatic carbocycles. The molecule has 3 N–H and O–H groups in total. The van der Waals surface area contributed by atoms with Gasteiger partial charge >= 0.3 is 6.09 Å². The molecule has 1 aromatic heterocycles. The molecule has 2 atom stereocenters. The van der Waals surface area contributed by atoms with E-state index in [2.05, 4.69) is 26.7 Å². The van der Waals surface area contributed by atoms with Crippen molar-refractivity contribution in [3.63, 3.8) is 0 Å². The molecule has 1 aliphatic carbocycles. The van der Waals surface area contributed by atoms with Crippen LogP contribution in [-0.2, 0) is 10.2 Å². The van der Waals surface area contributed by atoms with Crippen LogP contribution in [0.15, 0.2) is 36.5 Å². The molecule has 1 aliphatic heterocycles. The fourth-order valence-electron chi connectivity index (χ4n) is 5.75. The number of nitriles is 1. The Labute approximate surface area is 267 Å². The maximum absolute atomic E-state index is 13.1. The standard InChI is InChI=1S/C33H37ClN6O5/c1-32(2,3)45-31(43)40-17-33(4,5)23-12-18(11-19(16-35)28(23)40)25-9-10-36-30(38-25)39-26-15-24(34)22(14-27(26)44-6)29(42)37-20-7-8-21(41)13-20/h9-12,14-15,20-21,41H,7-8,13,17H2,1-6H3,(H,37,42)(H,36,38,39). The van der Waals surface area contributed by atoms with Crippen molar-refractivity contribution in [3.8, 4) is 23.1 Å². The lowest BCUT2D eigenvalue weighted by Gasteiger charge is -2.26. The number of benzene rings is 2. The molecule has 11 nitrogen and oxygen atoms in total. The highest BCUT2D eigenvalue weighted by molar-refractivity contribution is 6.34. The van der Waals surface area contributed by atoms with E-state index in [1.807, 2.05) is 19.9 Å². The van der Waals surface area contributed by atoms with Crippen molar-refractivity contribution in [1.29, 1.82) is 5.26 Å². The van der Waals surface area contributed by atoms with Gasteiger partial charge in [-0.15, -0.1) is 0 Å². The molecule has 0 bridgehead atoms. The van der Waals surface area contributed by atoms with E-state index in [-0.39, 0.29) is 28.5 Å². The highest BCUT2D eigenvalue weighted by atomic mass is 35.5. The monoisotopic (exact) mass is 632 g/mol. The minimum Gasteiger partial charge on any atom is -0.495 e. The van der Waals surface area contributed by atoms with Crippen LogP contribution in [0.25, 0.3) is 11.3 Å². The smallest absolute Gasteiger partial charge is 0.414 e. The van der Waals surface area contributed by atoms with Gasteiger partial charge in [-0.25, -0.2) is 14.8 Å². The molecular weight excluding hydrogens is 596 g/mol. The predicted octanol–water partition coefficient (Wildman–Crippen LogP) is 6.10. The van der Waals surface area contributed by atoms with Crippen LogP contribution >= 0.6 is 11.6 Å². The van der Waals surface area contributed by atoms with Crippen molar-refractivity contribution in [2.45, 2.75) is 77.0 Å². The SMILES string of the molecule is COc1cc(C(=O)NC2CCC(O)C2)c(Cl)cc1Nc1nccc(-c2cc(C#N)c3c(c2)C(C)(C)CN3C(=O)OC(C)(C)C)n1. The quantitative estimate of drug-likeness (QED) is 0.293. The van der Waals surface area contributed by atoms with E-state index in [9.17, 15) is 20.0 Å². The van der Waals surface area contributed by atoms with Gasteiger partial charge < -0.3 is 25.2 Å². The molecule has 5 rings (SSSR count). The number of rotatable bonds is 6. The predicted molar refractivity (Wildman–Crippen MR) is 171 cm³/mol. The van der Waals surface area contributed by atoms with Crippen LogP contribution in [-0.4, -0.2) is 58.5 Å². The number of ether oxygens (including phenoxy) is 2. The van der Waals surface area contributed by atoms with Gasteiger partial charge in [0.25, 0.3) is 5.91 Å². The second-order valence-corrected chi connectivity index (χ2v) is 13.4. The van der Waals surface area contributed by atoms with E-state index in [1.165, 1.54) is 12.0 Å². The first-order valence-corrected chi connectivity index (χ1v) is 15.1. The Morgan fingerprint density at radius 3 is 2.60 bits per heavy atom. The summed E-state index contributed by atoms with van der Waals surface area (Å²) in [7, 11) is 1.48. The van der Waals surface area contributed by atoms with Crippen molar-refractivity contribution in [2.24, 2.45) is 0 Å². The van der Waals surface area contributed by atoms with E-state index in [0.29, 0.717) is 59.8 Å². The highest BCUT2D eigenvalue weighted by Gasteiger charge is 2.42. The Hall–Kier alpha value is -4.40. The largest absolute Gasteiger partial charge is 0.495 e. The Morgan fingerprint density at radius 1 is 1.20 bits per heavy atom. The summed E-state index contributed by atoms with van der Waals surface area (Å²) in [6, 6.07) is 10.6. The number of carbonyl (C=O) groups is 2. The molecule has 3 aromatic rings. The van der Waals surface area contributed by atoms with Crippen LogP contribution in [0.4, 0.5) is 22.1 Å². The van der Waals surface area contributed by atoms with Crippen LogP contribution in [0.5, 0.6) is 5.75 Å². The number of anilines is 3. The second-order valence-electron chi connectivity index (χ2n) is 13.0. The normalized spacial score (nSPS) is 18.6. The number of hydrogen-bond donors (Lipinski definition) is 3. The highest BCUT2D eigenvalue weighted by Crippen LogP contribution is 2.45. The molecule has 236 valence electrons. The van der Waals surface area contributed by atoms with E-state index in [0.717, 1.165) is 5.56 Å². The summed E-state index contributed by atoms with van der Waals surface area (Å²) in [4.78, 5) is 36.6. The third-order valence-corrected chi connectivity index (χ3v) is 8.18. The Morgan fingerprint density at radius 2 is 1.96 bits per heavy atom. The van der Waals surface area contributed by atoms with Gasteiger partial charge in [-0.1, -0.05) is 25.4 Å². The third-order valence-electron chi connectivity index (χ3n) is 7.87. The van der Waals surface area contributed by atoms with E-state index < -0.39 is 23.2 Å². The molecule has 1 saturated carbocycles. The number of aromatic nitrogens is 2. The third kappa shape index (κ3) is 6.82. The summed E-state index contributed by atoms with van der Waals surface area (Å²) >= 11 is 6.53. The Balaban J connectivity index is 1.43. The Bertz CT molecular complexity index is 1700. The first-order valence-electron chi connectivity index (χ1n) is 14.7. The fraction of sp³-hybridized carbons (Fsp3) is 0.424. The zero-order valence-electron chi connectivity index (χ0n) is 26.2. The summed E-state index contributed by atoms with van der Waals surface area (Å²) in [5.74, 6) is 0.256. The van der Waals surface area contributed by atoms with Crippen molar-refractivity contribution >= 4 is 40.9 Å². The number of fused-ring (bicyclic) bond motifs is 1. The van der Waals surface area contributed by atoms with E-state index in [1.54, 1.807) is 51.2 Å². The molecule has 1 fully saturated rings. The van der Waals surface area contributed by atoms with Gasteiger partial charge in [0, 0.05) is 29.8 Å².